The number of phenols is 1. The van der Waals surface area contributed by atoms with Crippen LogP contribution in [-0.4, -0.2) is 23.2 Å². The van der Waals surface area contributed by atoms with E-state index in [1.807, 2.05) is 24.3 Å². The molecule has 0 aromatic heterocycles. The number of aromatic hydroxyl groups is 1. The Balaban J connectivity index is 1.94. The molecule has 0 heterocycles. The van der Waals surface area contributed by atoms with Gasteiger partial charge < -0.3 is 15.2 Å². The van der Waals surface area contributed by atoms with E-state index >= 15 is 0 Å². The Kier molecular flexibility index (Phi) is 5.71. The molecule has 0 aliphatic rings. The van der Waals surface area contributed by atoms with Gasteiger partial charge in [-0.2, -0.15) is 0 Å². The molecule has 6 heteroatoms. The molecule has 0 radical (unpaired) electrons. The maximum absolute atomic E-state index is 11.9. The number of hydrogen-bond donors (Lipinski definition) is 3. The van der Waals surface area contributed by atoms with Gasteiger partial charge in [-0.05, 0) is 36.5 Å². The molecule has 2 rings (SSSR count). The van der Waals surface area contributed by atoms with Crippen LogP contribution in [0.3, 0.4) is 0 Å². The number of hydrogen-bond acceptors (Lipinski definition) is 4. The molecular weight excluding hydrogens is 312 g/mol. The van der Waals surface area contributed by atoms with Crippen LogP contribution in [0, 0.1) is 0 Å². The van der Waals surface area contributed by atoms with E-state index in [0.29, 0.717) is 11.4 Å². The van der Waals surface area contributed by atoms with Crippen molar-refractivity contribution in [1.29, 1.82) is 0 Å². The normalized spacial score (nSPS) is 10.3. The number of benzene rings is 2. The molecule has 0 bridgehead atoms. The van der Waals surface area contributed by atoms with E-state index in [1.165, 1.54) is 12.1 Å². The number of ether oxygens (including phenoxy) is 1. The lowest BCUT2D eigenvalue weighted by atomic mass is 10.2. The highest BCUT2D eigenvalue weighted by molar-refractivity contribution is 7.80. The van der Waals surface area contributed by atoms with Crippen molar-refractivity contribution in [2.45, 2.75) is 0 Å². The summed E-state index contributed by atoms with van der Waals surface area (Å²) in [5.41, 5.74) is 1.38. The maximum Gasteiger partial charge on any atom is 0.250 e. The van der Waals surface area contributed by atoms with Crippen molar-refractivity contribution in [2.24, 2.45) is 0 Å². The number of rotatable bonds is 4. The summed E-state index contributed by atoms with van der Waals surface area (Å²) in [5.74, 6) is 0.422. The standard InChI is InChI=1S/C17H16N2O3S/c1-22-15-8-3-2-5-12(15)9-10-16(21)19-17(23)18-13-6-4-7-14(20)11-13/h2-11,20H,1H3,(H2,18,19,21,23)/b10-9+. The third-order valence-electron chi connectivity index (χ3n) is 2.89. The maximum atomic E-state index is 11.9. The lowest BCUT2D eigenvalue weighted by Crippen LogP contribution is -2.32. The number of nitrogens with one attached hydrogen (secondary N) is 2. The number of para-hydroxylation sites is 1. The second-order valence-electron chi connectivity index (χ2n) is 4.57. The second kappa shape index (κ2) is 7.95. The molecule has 118 valence electrons. The first-order valence-corrected chi connectivity index (χ1v) is 7.21. The minimum atomic E-state index is -0.367. The highest BCUT2D eigenvalue weighted by Crippen LogP contribution is 2.18. The summed E-state index contributed by atoms with van der Waals surface area (Å²) < 4.78 is 5.20. The molecule has 23 heavy (non-hydrogen) atoms. The Morgan fingerprint density at radius 3 is 2.74 bits per heavy atom. The largest absolute Gasteiger partial charge is 0.508 e. The van der Waals surface area contributed by atoms with Gasteiger partial charge in [-0.3, -0.25) is 10.1 Å². The monoisotopic (exact) mass is 328 g/mol. The van der Waals surface area contributed by atoms with Gasteiger partial charge in [0, 0.05) is 23.4 Å². The SMILES string of the molecule is COc1ccccc1/C=C/C(=O)NC(=S)Nc1cccc(O)c1. The van der Waals surface area contributed by atoms with Crippen LogP contribution in [0.4, 0.5) is 5.69 Å². The van der Waals surface area contributed by atoms with Crippen LogP contribution < -0.4 is 15.4 Å². The quantitative estimate of drug-likeness (QED) is 0.595. The number of carbonyl (C=O) groups is 1. The first-order valence-electron chi connectivity index (χ1n) is 6.80. The molecule has 3 N–H and O–H groups in total. The summed E-state index contributed by atoms with van der Waals surface area (Å²) in [6.07, 6.45) is 3.01. The number of carbonyl (C=O) groups excluding carboxylic acids is 1. The van der Waals surface area contributed by atoms with E-state index in [2.05, 4.69) is 10.6 Å². The van der Waals surface area contributed by atoms with Crippen LogP contribution in [0.15, 0.2) is 54.6 Å². The Morgan fingerprint density at radius 2 is 2.00 bits per heavy atom. The van der Waals surface area contributed by atoms with Crippen molar-refractivity contribution in [1.82, 2.24) is 5.32 Å². The Bertz CT molecular complexity index is 744. The van der Waals surface area contributed by atoms with Gasteiger partial charge in [0.1, 0.15) is 11.5 Å². The van der Waals surface area contributed by atoms with Crippen LogP contribution in [0.25, 0.3) is 6.08 Å². The number of anilines is 1. The lowest BCUT2D eigenvalue weighted by molar-refractivity contribution is -0.115. The van der Waals surface area contributed by atoms with Crippen LogP contribution in [0.5, 0.6) is 11.5 Å². The van der Waals surface area contributed by atoms with Gasteiger partial charge in [-0.15, -0.1) is 0 Å². The van der Waals surface area contributed by atoms with Crippen molar-refractivity contribution in [3.63, 3.8) is 0 Å². The fraction of sp³-hybridized carbons (Fsp3) is 0.0588. The third-order valence-corrected chi connectivity index (χ3v) is 3.10. The molecular formula is C17H16N2O3S. The fourth-order valence-corrected chi connectivity index (χ4v) is 2.09. The molecule has 0 unspecified atom stereocenters. The predicted octanol–water partition coefficient (Wildman–Crippen LogP) is 2.93. The van der Waals surface area contributed by atoms with E-state index in [1.54, 1.807) is 31.4 Å². The van der Waals surface area contributed by atoms with Crippen LogP contribution >= 0.6 is 12.2 Å². The van der Waals surface area contributed by atoms with Crippen molar-refractivity contribution >= 4 is 35.0 Å². The molecule has 0 fully saturated rings. The van der Waals surface area contributed by atoms with Crippen LogP contribution in [0.2, 0.25) is 0 Å². The lowest BCUT2D eigenvalue weighted by Gasteiger charge is -2.08. The number of methoxy groups -OCH3 is 1. The summed E-state index contributed by atoms with van der Waals surface area (Å²) >= 11 is 5.05. The highest BCUT2D eigenvalue weighted by atomic mass is 32.1. The molecule has 0 saturated carbocycles. The number of phenolic OH excluding ortho intramolecular Hbond substituents is 1. The topological polar surface area (TPSA) is 70.6 Å². The van der Waals surface area contributed by atoms with Gasteiger partial charge in [-0.1, -0.05) is 24.3 Å². The van der Waals surface area contributed by atoms with Gasteiger partial charge in [-0.25, -0.2) is 0 Å². The zero-order valence-electron chi connectivity index (χ0n) is 12.4. The van der Waals surface area contributed by atoms with Crippen molar-refractivity contribution in [2.75, 3.05) is 12.4 Å². The zero-order chi connectivity index (χ0) is 16.7. The smallest absolute Gasteiger partial charge is 0.250 e. The summed E-state index contributed by atoms with van der Waals surface area (Å²) in [4.78, 5) is 11.9. The molecule has 5 nitrogen and oxygen atoms in total. The Hall–Kier alpha value is -2.86. The summed E-state index contributed by atoms with van der Waals surface area (Å²) in [6.45, 7) is 0. The average Bonchev–Trinajstić information content (AvgIpc) is 2.53. The van der Waals surface area contributed by atoms with Crippen molar-refractivity contribution in [3.05, 3.63) is 60.2 Å². The Labute approximate surface area is 139 Å². The molecule has 1 amide bonds. The fourth-order valence-electron chi connectivity index (χ4n) is 1.87. The van der Waals surface area contributed by atoms with Crippen LogP contribution in [0.1, 0.15) is 5.56 Å². The summed E-state index contributed by atoms with van der Waals surface area (Å²) in [7, 11) is 1.57. The molecule has 2 aromatic carbocycles. The zero-order valence-corrected chi connectivity index (χ0v) is 13.3. The number of thiocarbonyl (C=S) groups is 1. The molecule has 0 aliphatic heterocycles. The first kappa shape index (κ1) is 16.5. The molecule has 0 aliphatic carbocycles. The van der Waals surface area contributed by atoms with Gasteiger partial charge >= 0.3 is 0 Å². The number of amides is 1. The molecule has 0 saturated heterocycles. The summed E-state index contributed by atoms with van der Waals surface area (Å²) in [5, 5.41) is 14.9. The molecule has 2 aromatic rings. The molecule has 0 atom stereocenters. The van der Waals surface area contributed by atoms with Crippen molar-refractivity contribution in [3.8, 4) is 11.5 Å². The van der Waals surface area contributed by atoms with E-state index in [0.717, 1.165) is 5.56 Å². The van der Waals surface area contributed by atoms with Crippen LogP contribution in [-0.2, 0) is 4.79 Å². The van der Waals surface area contributed by atoms with Gasteiger partial charge in [0.15, 0.2) is 5.11 Å². The average molecular weight is 328 g/mol. The predicted molar refractivity (Wildman–Crippen MR) is 94.5 cm³/mol. The first-order chi connectivity index (χ1) is 11.1. The minimum absolute atomic E-state index is 0.111. The third kappa shape index (κ3) is 5.12. The van der Waals surface area contributed by atoms with E-state index < -0.39 is 0 Å². The van der Waals surface area contributed by atoms with E-state index in [9.17, 15) is 9.90 Å². The van der Waals surface area contributed by atoms with E-state index in [4.69, 9.17) is 17.0 Å². The van der Waals surface area contributed by atoms with Gasteiger partial charge in [0.2, 0.25) is 5.91 Å². The van der Waals surface area contributed by atoms with Crippen molar-refractivity contribution < 1.29 is 14.6 Å². The second-order valence-corrected chi connectivity index (χ2v) is 4.98. The highest BCUT2D eigenvalue weighted by Gasteiger charge is 2.03. The summed E-state index contributed by atoms with van der Waals surface area (Å²) in [6, 6.07) is 13.8. The van der Waals surface area contributed by atoms with E-state index in [-0.39, 0.29) is 16.8 Å². The van der Waals surface area contributed by atoms with Gasteiger partial charge in [0.05, 0.1) is 7.11 Å². The molecule has 0 spiro atoms. The van der Waals surface area contributed by atoms with Gasteiger partial charge in [0.25, 0.3) is 0 Å². The Morgan fingerprint density at radius 1 is 1.22 bits per heavy atom. The minimum Gasteiger partial charge on any atom is -0.508 e.